The number of piperidine rings is 1. The average molecular weight is 546 g/mol. The van der Waals surface area contributed by atoms with Crippen LogP contribution < -0.4 is 0 Å². The van der Waals surface area contributed by atoms with Crippen LogP contribution in [-0.2, 0) is 6.54 Å². The lowest BCUT2D eigenvalue weighted by Gasteiger charge is -2.34. The Morgan fingerprint density at radius 3 is 2.31 bits per heavy atom. The van der Waals surface area contributed by atoms with E-state index >= 15 is 0 Å². The second kappa shape index (κ2) is 9.16. The number of halogens is 3. The fraction of sp³-hybridized carbons (Fsp3) is 0.621. The number of hydrogen-bond donors (Lipinski definition) is 3. The van der Waals surface area contributed by atoms with Gasteiger partial charge in [-0.05, 0) is 69.2 Å². The molecule has 4 aliphatic rings. The molecule has 7 nitrogen and oxygen atoms in total. The molecule has 7 rings (SSSR count). The smallest absolute Gasteiger partial charge is 0.394 e. The van der Waals surface area contributed by atoms with Gasteiger partial charge in [-0.2, -0.15) is 13.2 Å². The lowest BCUT2D eigenvalue weighted by Crippen LogP contribution is -2.38. The fourth-order valence-corrected chi connectivity index (χ4v) is 8.34. The number of aromatic nitrogens is 2. The molecule has 1 aliphatic heterocycles. The maximum atomic E-state index is 13.7. The molecule has 0 amide bonds. The van der Waals surface area contributed by atoms with Crippen molar-refractivity contribution < 1.29 is 33.0 Å². The van der Waals surface area contributed by atoms with Crippen molar-refractivity contribution in [3.05, 3.63) is 41.1 Å². The molecular formula is C29H34F3N3O4. The molecule has 6 unspecified atom stereocenters. The molecule has 3 fully saturated rings. The second-order valence-corrected chi connectivity index (χ2v) is 12.2. The molecule has 210 valence electrons. The number of aliphatic hydroxyl groups excluding tert-OH is 1. The van der Waals surface area contributed by atoms with Gasteiger partial charge in [0.1, 0.15) is 0 Å². The van der Waals surface area contributed by atoms with Crippen molar-refractivity contribution in [3.63, 3.8) is 0 Å². The van der Waals surface area contributed by atoms with Crippen LogP contribution in [0.3, 0.4) is 0 Å². The number of para-hydroxylation sites is 1. The van der Waals surface area contributed by atoms with Gasteiger partial charge in [0.25, 0.3) is 0 Å². The van der Waals surface area contributed by atoms with Crippen LogP contribution in [0.2, 0.25) is 0 Å². The molecular weight excluding hydrogens is 511 g/mol. The molecule has 2 aromatic heterocycles. The van der Waals surface area contributed by atoms with Gasteiger partial charge in [0.05, 0.1) is 17.7 Å². The van der Waals surface area contributed by atoms with Crippen molar-refractivity contribution in [1.82, 2.24) is 14.6 Å². The van der Waals surface area contributed by atoms with E-state index in [9.17, 15) is 28.5 Å². The van der Waals surface area contributed by atoms with Crippen LogP contribution in [0.4, 0.5) is 13.2 Å². The van der Waals surface area contributed by atoms with Crippen LogP contribution in [0, 0.1) is 17.8 Å². The molecule has 39 heavy (non-hydrogen) atoms. The zero-order chi connectivity index (χ0) is 27.1. The summed E-state index contributed by atoms with van der Waals surface area (Å²) in [6.45, 7) is 3.23. The Kier molecular flexibility index (Phi) is 5.93. The Labute approximate surface area is 224 Å². The normalized spacial score (nSPS) is 31.5. The first kappa shape index (κ1) is 25.3. The van der Waals surface area contributed by atoms with E-state index in [0.29, 0.717) is 23.9 Å². The van der Waals surface area contributed by atoms with E-state index in [-0.39, 0.29) is 29.7 Å². The summed E-state index contributed by atoms with van der Waals surface area (Å²) in [5.74, 6) is -3.13. The van der Waals surface area contributed by atoms with Crippen molar-refractivity contribution in [2.45, 2.75) is 75.1 Å². The van der Waals surface area contributed by atoms with Crippen molar-refractivity contribution in [1.29, 1.82) is 0 Å². The molecule has 3 aromatic rings. The second-order valence-electron chi connectivity index (χ2n) is 12.2. The summed E-state index contributed by atoms with van der Waals surface area (Å²) >= 11 is 0. The predicted molar refractivity (Wildman–Crippen MR) is 137 cm³/mol. The maximum Gasteiger partial charge on any atom is 0.394 e. The summed E-state index contributed by atoms with van der Waals surface area (Å²) in [6.07, 6.45) is -0.942. The number of fused-ring (bicyclic) bond motifs is 6. The number of benzene rings is 1. The van der Waals surface area contributed by atoms with Gasteiger partial charge >= 0.3 is 6.18 Å². The van der Waals surface area contributed by atoms with Crippen molar-refractivity contribution >= 4 is 11.0 Å². The number of nitrogens with zero attached hydrogens (tertiary/aromatic N) is 3. The van der Waals surface area contributed by atoms with Gasteiger partial charge in [-0.3, -0.25) is 4.57 Å². The van der Waals surface area contributed by atoms with Crippen LogP contribution in [0.5, 0.6) is 11.8 Å². The number of hydrogen-bond acceptors (Lipinski definition) is 6. The molecule has 1 aromatic carbocycles. The van der Waals surface area contributed by atoms with Crippen LogP contribution in [-0.4, -0.2) is 61.9 Å². The standard InChI is InChI=1S/C29H34F3N3O4/c30-29(31,32)24-19-12-20(26(24)36)23-22(19)27(37)35(28(23)38)14-17-5-3-4-16(17)13-34-10-8-15(9-11-34)25-18-6-1-2-7-21(18)39-33-25/h1-2,6-7,15-17,19-20,24,26,36-38H,3-5,8-14H2. The Hall–Kier alpha value is -2.72. The topological polar surface area (TPSA) is 94.9 Å². The Morgan fingerprint density at radius 1 is 0.923 bits per heavy atom. The number of rotatable bonds is 5. The zero-order valence-electron chi connectivity index (χ0n) is 21.6. The van der Waals surface area contributed by atoms with Crippen LogP contribution in [0.25, 0.3) is 11.0 Å². The Morgan fingerprint density at radius 2 is 1.59 bits per heavy atom. The third-order valence-corrected chi connectivity index (χ3v) is 10.2. The Balaban J connectivity index is 1.03. The van der Waals surface area contributed by atoms with Gasteiger partial charge in [-0.25, -0.2) is 0 Å². The summed E-state index contributed by atoms with van der Waals surface area (Å²) in [5.41, 5.74) is 2.38. The highest BCUT2D eigenvalue weighted by atomic mass is 19.4. The SMILES string of the molecule is Oc1c2c(c(O)n1CC1CCCC1CN1CCC(c3noc4ccccc34)CC1)C1CC2C(O)C1C(F)(F)F. The molecule has 2 saturated carbocycles. The van der Waals surface area contributed by atoms with Crippen molar-refractivity contribution in [2.75, 3.05) is 19.6 Å². The highest BCUT2D eigenvalue weighted by Crippen LogP contribution is 2.65. The zero-order valence-corrected chi connectivity index (χ0v) is 21.6. The van der Waals surface area contributed by atoms with Gasteiger partial charge in [-0.15, -0.1) is 0 Å². The minimum Gasteiger partial charge on any atom is -0.494 e. The molecule has 3 N–H and O–H groups in total. The highest BCUT2D eigenvalue weighted by Gasteiger charge is 2.63. The summed E-state index contributed by atoms with van der Waals surface area (Å²) < 4.78 is 47.9. The summed E-state index contributed by atoms with van der Waals surface area (Å²) in [7, 11) is 0. The summed E-state index contributed by atoms with van der Waals surface area (Å²) in [4.78, 5) is 2.49. The van der Waals surface area contributed by atoms with Crippen molar-refractivity contribution in [2.24, 2.45) is 17.8 Å². The van der Waals surface area contributed by atoms with E-state index in [1.807, 2.05) is 18.2 Å². The third-order valence-electron chi connectivity index (χ3n) is 10.2. The first-order valence-electron chi connectivity index (χ1n) is 14.2. The molecule has 0 radical (unpaired) electrons. The van der Waals surface area contributed by atoms with Gasteiger partial charge in [0.15, 0.2) is 17.3 Å². The van der Waals surface area contributed by atoms with Crippen LogP contribution >= 0.6 is 0 Å². The molecule has 3 heterocycles. The number of aromatic hydroxyl groups is 2. The van der Waals surface area contributed by atoms with E-state index in [2.05, 4.69) is 16.1 Å². The lowest BCUT2D eigenvalue weighted by molar-refractivity contribution is -0.199. The van der Waals surface area contributed by atoms with Gasteiger partial charge < -0.3 is 24.7 Å². The van der Waals surface area contributed by atoms with Gasteiger partial charge in [0, 0.05) is 47.4 Å². The van der Waals surface area contributed by atoms with Crippen LogP contribution in [0.1, 0.15) is 73.1 Å². The van der Waals surface area contributed by atoms with E-state index in [1.54, 1.807) is 0 Å². The average Bonchev–Trinajstić information content (AvgIpc) is 3.71. The van der Waals surface area contributed by atoms with E-state index in [0.717, 1.165) is 68.4 Å². The molecule has 2 bridgehead atoms. The molecule has 3 aliphatic carbocycles. The monoisotopic (exact) mass is 545 g/mol. The third kappa shape index (κ3) is 3.96. The summed E-state index contributed by atoms with van der Waals surface area (Å²) in [6, 6.07) is 7.96. The molecule has 1 saturated heterocycles. The minimum absolute atomic E-state index is 0.115. The number of likely N-dealkylation sites (tertiary alicyclic amines) is 1. The van der Waals surface area contributed by atoms with Crippen LogP contribution in [0.15, 0.2) is 28.8 Å². The minimum atomic E-state index is -4.55. The van der Waals surface area contributed by atoms with E-state index in [4.69, 9.17) is 4.52 Å². The Bertz CT molecular complexity index is 1380. The molecule has 0 spiro atoms. The first-order valence-corrected chi connectivity index (χ1v) is 14.2. The number of alkyl halides is 3. The first-order chi connectivity index (χ1) is 18.7. The van der Waals surface area contributed by atoms with Gasteiger partial charge in [0.2, 0.25) is 0 Å². The largest absolute Gasteiger partial charge is 0.494 e. The fourth-order valence-electron chi connectivity index (χ4n) is 8.34. The molecule has 10 heteroatoms. The highest BCUT2D eigenvalue weighted by molar-refractivity contribution is 5.79. The predicted octanol–water partition coefficient (Wildman–Crippen LogP) is 5.46. The lowest BCUT2D eigenvalue weighted by atomic mass is 9.83. The van der Waals surface area contributed by atoms with E-state index < -0.39 is 30.0 Å². The number of aliphatic hydroxyl groups is 1. The molecule has 6 atom stereocenters. The van der Waals surface area contributed by atoms with E-state index in [1.165, 1.54) is 4.57 Å². The van der Waals surface area contributed by atoms with Gasteiger partial charge in [-0.1, -0.05) is 23.7 Å². The van der Waals surface area contributed by atoms with Crippen molar-refractivity contribution in [3.8, 4) is 11.8 Å². The quantitative estimate of drug-likeness (QED) is 0.394. The maximum absolute atomic E-state index is 13.7. The summed E-state index contributed by atoms with van der Waals surface area (Å²) in [5, 5.41) is 37.9.